The first-order valence-electron chi connectivity index (χ1n) is 8.31. The van der Waals surface area contributed by atoms with Crippen LogP contribution in [0.4, 0.5) is 0 Å². The lowest BCUT2D eigenvalue weighted by Gasteiger charge is -2.28. The van der Waals surface area contributed by atoms with Crippen molar-refractivity contribution in [3.05, 3.63) is 71.8 Å². The normalized spacial score (nSPS) is 19.7. The van der Waals surface area contributed by atoms with E-state index in [9.17, 15) is 9.59 Å². The van der Waals surface area contributed by atoms with E-state index in [4.69, 9.17) is 4.74 Å². The lowest BCUT2D eigenvalue weighted by molar-refractivity contribution is 0.0415. The maximum absolute atomic E-state index is 12.7. The van der Waals surface area contributed by atoms with Gasteiger partial charge in [0, 0.05) is 38.4 Å². The van der Waals surface area contributed by atoms with E-state index in [0.717, 1.165) is 0 Å². The van der Waals surface area contributed by atoms with E-state index in [1.807, 2.05) is 36.4 Å². The van der Waals surface area contributed by atoms with Gasteiger partial charge in [0.25, 0.3) is 11.8 Å². The lowest BCUT2D eigenvalue weighted by atomic mass is 10.1. The number of rotatable bonds is 4. The summed E-state index contributed by atoms with van der Waals surface area (Å²) in [5, 5.41) is 0. The molecule has 1 aliphatic heterocycles. The van der Waals surface area contributed by atoms with Crippen LogP contribution in [0.2, 0.25) is 0 Å². The number of nitrogens with zero attached hydrogens (tertiary/aromatic N) is 2. The van der Waals surface area contributed by atoms with E-state index in [1.165, 1.54) is 0 Å². The second kappa shape index (κ2) is 7.49. The van der Waals surface area contributed by atoms with Crippen LogP contribution >= 0.6 is 0 Å². The summed E-state index contributed by atoms with van der Waals surface area (Å²) >= 11 is 0. The van der Waals surface area contributed by atoms with Crippen molar-refractivity contribution in [2.24, 2.45) is 0 Å². The van der Waals surface area contributed by atoms with Crippen molar-refractivity contribution in [3.63, 3.8) is 0 Å². The third kappa shape index (κ3) is 3.56. The number of benzene rings is 2. The van der Waals surface area contributed by atoms with Gasteiger partial charge in [-0.05, 0) is 24.3 Å². The average molecular weight is 338 g/mol. The molecule has 0 spiro atoms. The molecule has 0 radical (unpaired) electrons. The highest BCUT2D eigenvalue weighted by Gasteiger charge is 2.39. The molecular weight excluding hydrogens is 316 g/mol. The predicted octanol–water partition coefficient (Wildman–Crippen LogP) is 2.30. The fourth-order valence-electron chi connectivity index (χ4n) is 3.22. The molecule has 1 saturated heterocycles. The number of methoxy groups -OCH3 is 1. The monoisotopic (exact) mass is 338 g/mol. The number of carbonyl (C=O) groups is 2. The van der Waals surface area contributed by atoms with E-state index in [-0.39, 0.29) is 24.0 Å². The summed E-state index contributed by atoms with van der Waals surface area (Å²) in [5.74, 6) is -0.104. The van der Waals surface area contributed by atoms with Crippen molar-refractivity contribution < 1.29 is 14.3 Å². The summed E-state index contributed by atoms with van der Waals surface area (Å²) in [5.41, 5.74) is 1.28. The van der Waals surface area contributed by atoms with Crippen molar-refractivity contribution in [1.82, 2.24) is 9.80 Å². The first-order chi connectivity index (χ1) is 12.1. The molecule has 2 aromatic rings. The summed E-state index contributed by atoms with van der Waals surface area (Å²) in [6, 6.07) is 18.2. The number of likely N-dealkylation sites (tertiary alicyclic amines) is 1. The molecule has 130 valence electrons. The molecule has 0 aliphatic carbocycles. The van der Waals surface area contributed by atoms with E-state index in [0.29, 0.717) is 24.2 Å². The average Bonchev–Trinajstić information content (AvgIpc) is 3.12. The maximum Gasteiger partial charge on any atom is 0.254 e. The SMILES string of the molecule is CO[C@H]1CN(C(=O)c2ccccc2)C[C@H]1N(C)C(=O)c1ccccc1. The number of amides is 2. The zero-order valence-electron chi connectivity index (χ0n) is 14.5. The molecule has 25 heavy (non-hydrogen) atoms. The summed E-state index contributed by atoms with van der Waals surface area (Å²) in [7, 11) is 3.39. The number of likely N-dealkylation sites (N-methyl/N-ethyl adjacent to an activating group) is 1. The molecule has 1 heterocycles. The van der Waals surface area contributed by atoms with E-state index in [1.54, 1.807) is 48.2 Å². The second-order valence-electron chi connectivity index (χ2n) is 6.20. The standard InChI is InChI=1S/C20H22N2O3/c1-21(19(23)15-9-5-3-6-10-15)17-13-22(14-18(17)25-2)20(24)16-11-7-4-8-12-16/h3-12,17-18H,13-14H2,1-2H3/t17-,18+/m1/s1. The first kappa shape index (κ1) is 17.2. The van der Waals surface area contributed by atoms with Gasteiger partial charge in [0.15, 0.2) is 0 Å². The van der Waals surface area contributed by atoms with Crippen molar-refractivity contribution in [3.8, 4) is 0 Å². The van der Waals surface area contributed by atoms with Crippen LogP contribution in [0.15, 0.2) is 60.7 Å². The molecule has 0 aromatic heterocycles. The molecule has 2 atom stereocenters. The van der Waals surface area contributed by atoms with Gasteiger partial charge in [-0.15, -0.1) is 0 Å². The Morgan fingerprint density at radius 2 is 1.52 bits per heavy atom. The minimum atomic E-state index is -0.203. The van der Waals surface area contributed by atoms with Crippen molar-refractivity contribution in [2.75, 3.05) is 27.2 Å². The Morgan fingerprint density at radius 1 is 0.960 bits per heavy atom. The quantitative estimate of drug-likeness (QED) is 0.859. The van der Waals surface area contributed by atoms with Crippen molar-refractivity contribution in [2.45, 2.75) is 12.1 Å². The third-order valence-corrected chi connectivity index (χ3v) is 4.69. The van der Waals surface area contributed by atoms with Crippen LogP contribution in [0.1, 0.15) is 20.7 Å². The van der Waals surface area contributed by atoms with E-state index in [2.05, 4.69) is 0 Å². The molecule has 0 bridgehead atoms. The molecule has 0 N–H and O–H groups in total. The van der Waals surface area contributed by atoms with Crippen LogP contribution in [-0.2, 0) is 4.74 Å². The van der Waals surface area contributed by atoms with Crippen LogP contribution in [-0.4, -0.2) is 61.0 Å². The van der Waals surface area contributed by atoms with Gasteiger partial charge < -0.3 is 14.5 Å². The summed E-state index contributed by atoms with van der Waals surface area (Å²) in [6.07, 6.45) is -0.203. The van der Waals surface area contributed by atoms with Crippen LogP contribution < -0.4 is 0 Å². The maximum atomic E-state index is 12.7. The molecule has 3 rings (SSSR count). The highest BCUT2D eigenvalue weighted by atomic mass is 16.5. The van der Waals surface area contributed by atoms with Gasteiger partial charge in [-0.2, -0.15) is 0 Å². The molecule has 0 unspecified atom stereocenters. The Morgan fingerprint density at radius 3 is 2.08 bits per heavy atom. The van der Waals surface area contributed by atoms with Gasteiger partial charge in [-0.25, -0.2) is 0 Å². The Hall–Kier alpha value is -2.66. The molecule has 2 aromatic carbocycles. The van der Waals surface area contributed by atoms with Gasteiger partial charge in [0.05, 0.1) is 12.1 Å². The zero-order valence-corrected chi connectivity index (χ0v) is 14.5. The smallest absolute Gasteiger partial charge is 0.254 e. The topological polar surface area (TPSA) is 49.9 Å². The molecule has 0 saturated carbocycles. The number of ether oxygens (including phenoxy) is 1. The molecule has 5 nitrogen and oxygen atoms in total. The summed E-state index contributed by atoms with van der Waals surface area (Å²) in [6.45, 7) is 0.933. The minimum absolute atomic E-state index is 0.0364. The highest BCUT2D eigenvalue weighted by molar-refractivity contribution is 5.95. The van der Waals surface area contributed by atoms with Gasteiger partial charge in [0.1, 0.15) is 0 Å². The van der Waals surface area contributed by atoms with Crippen molar-refractivity contribution in [1.29, 1.82) is 0 Å². The van der Waals surface area contributed by atoms with Crippen molar-refractivity contribution >= 4 is 11.8 Å². The number of carbonyl (C=O) groups excluding carboxylic acids is 2. The fourth-order valence-corrected chi connectivity index (χ4v) is 3.22. The predicted molar refractivity (Wildman–Crippen MR) is 95.5 cm³/mol. The number of hydrogen-bond acceptors (Lipinski definition) is 3. The van der Waals surface area contributed by atoms with E-state index < -0.39 is 0 Å². The number of hydrogen-bond donors (Lipinski definition) is 0. The van der Waals surface area contributed by atoms with E-state index >= 15 is 0 Å². The summed E-state index contributed by atoms with van der Waals surface area (Å²) < 4.78 is 5.56. The first-order valence-corrected chi connectivity index (χ1v) is 8.31. The Kier molecular flexibility index (Phi) is 5.14. The lowest BCUT2D eigenvalue weighted by Crippen LogP contribution is -2.45. The minimum Gasteiger partial charge on any atom is -0.377 e. The molecule has 5 heteroatoms. The van der Waals surface area contributed by atoms with Gasteiger partial charge >= 0.3 is 0 Å². The van der Waals surface area contributed by atoms with Gasteiger partial charge in [-0.1, -0.05) is 36.4 Å². The molecule has 2 amide bonds. The van der Waals surface area contributed by atoms with Crippen LogP contribution in [0.25, 0.3) is 0 Å². The second-order valence-corrected chi connectivity index (χ2v) is 6.20. The van der Waals surface area contributed by atoms with Crippen LogP contribution in [0, 0.1) is 0 Å². The zero-order chi connectivity index (χ0) is 17.8. The highest BCUT2D eigenvalue weighted by Crippen LogP contribution is 2.21. The third-order valence-electron chi connectivity index (χ3n) is 4.69. The summed E-state index contributed by atoms with van der Waals surface area (Å²) in [4.78, 5) is 28.8. The largest absolute Gasteiger partial charge is 0.377 e. The Labute approximate surface area is 147 Å². The van der Waals surface area contributed by atoms with Gasteiger partial charge in [0.2, 0.25) is 0 Å². The molecular formula is C20H22N2O3. The fraction of sp³-hybridized carbons (Fsp3) is 0.300. The molecule has 1 fully saturated rings. The van der Waals surface area contributed by atoms with Crippen LogP contribution in [0.5, 0.6) is 0 Å². The Bertz CT molecular complexity index is 733. The van der Waals surface area contributed by atoms with Gasteiger partial charge in [-0.3, -0.25) is 9.59 Å². The van der Waals surface area contributed by atoms with Crippen LogP contribution in [0.3, 0.4) is 0 Å². The molecule has 1 aliphatic rings. The Balaban J connectivity index is 1.75.